The number of phenols is 2. The number of benzene rings is 1. The van der Waals surface area contributed by atoms with Gasteiger partial charge in [0.15, 0.2) is 11.5 Å². The molecule has 3 nitrogen and oxygen atoms in total. The molecule has 1 fully saturated rings. The molecule has 0 amide bonds. The smallest absolute Gasteiger partial charge is 0.172 e. The molecule has 1 aliphatic rings. The lowest BCUT2D eigenvalue weighted by atomic mass is 9.92. The Hall–Kier alpha value is -0.740. The summed E-state index contributed by atoms with van der Waals surface area (Å²) in [6, 6.07) is 3.65. The van der Waals surface area contributed by atoms with Crippen molar-refractivity contribution in [3.8, 4) is 11.5 Å². The molecule has 1 saturated heterocycles. The molecule has 0 saturated carbocycles. The van der Waals surface area contributed by atoms with Crippen LogP contribution in [0.4, 0.5) is 0 Å². The predicted molar refractivity (Wildman–Crippen MR) is 66.8 cm³/mol. The van der Waals surface area contributed by atoms with Gasteiger partial charge < -0.3 is 15.5 Å². The van der Waals surface area contributed by atoms with Crippen LogP contribution in [0.5, 0.6) is 11.5 Å². The lowest BCUT2D eigenvalue weighted by Crippen LogP contribution is -2.30. The third kappa shape index (κ3) is 2.50. The van der Waals surface area contributed by atoms with Crippen LogP contribution in [0.1, 0.15) is 18.4 Å². The van der Waals surface area contributed by atoms with Crippen LogP contribution in [0.3, 0.4) is 0 Å². The van der Waals surface area contributed by atoms with Crippen molar-refractivity contribution in [1.29, 1.82) is 0 Å². The molecule has 0 aliphatic carbocycles. The summed E-state index contributed by atoms with van der Waals surface area (Å²) in [5, 5.41) is 22.8. The van der Waals surface area contributed by atoms with Gasteiger partial charge in [0.25, 0.3) is 0 Å². The van der Waals surface area contributed by atoms with Crippen LogP contribution in [-0.4, -0.2) is 23.3 Å². The monoisotopic (exact) mass is 285 g/mol. The van der Waals surface area contributed by atoms with Gasteiger partial charge >= 0.3 is 0 Å². The van der Waals surface area contributed by atoms with E-state index in [0.717, 1.165) is 25.1 Å². The Labute approximate surface area is 104 Å². The first-order valence-electron chi connectivity index (χ1n) is 5.58. The molecule has 1 unspecified atom stereocenters. The van der Waals surface area contributed by atoms with E-state index in [0.29, 0.717) is 10.4 Å². The number of rotatable bonds is 2. The minimum absolute atomic E-state index is 0.0138. The summed E-state index contributed by atoms with van der Waals surface area (Å²) < 4.78 is 0.538. The fourth-order valence-corrected chi connectivity index (χ4v) is 2.49. The molecule has 4 heteroatoms. The molecule has 2 rings (SSSR count). The molecule has 1 heterocycles. The van der Waals surface area contributed by atoms with Crippen LogP contribution >= 0.6 is 15.9 Å². The quantitative estimate of drug-likeness (QED) is 0.732. The fourth-order valence-electron chi connectivity index (χ4n) is 2.17. The maximum absolute atomic E-state index is 9.81. The number of piperidine rings is 1. The van der Waals surface area contributed by atoms with Crippen molar-refractivity contribution in [3.05, 3.63) is 22.2 Å². The molecule has 1 aromatic rings. The van der Waals surface area contributed by atoms with E-state index < -0.39 is 0 Å². The van der Waals surface area contributed by atoms with Crippen LogP contribution in [-0.2, 0) is 6.42 Å². The van der Waals surface area contributed by atoms with E-state index >= 15 is 0 Å². The average molecular weight is 286 g/mol. The number of hydrogen-bond donors (Lipinski definition) is 3. The van der Waals surface area contributed by atoms with Gasteiger partial charge in [-0.15, -0.1) is 0 Å². The van der Waals surface area contributed by atoms with Gasteiger partial charge in [0.1, 0.15) is 0 Å². The molecule has 88 valence electrons. The maximum Gasteiger partial charge on any atom is 0.172 e. The first-order chi connectivity index (χ1) is 7.68. The third-order valence-electron chi connectivity index (χ3n) is 3.09. The molecule has 1 aromatic carbocycles. The zero-order valence-corrected chi connectivity index (χ0v) is 10.6. The minimum atomic E-state index is -0.0544. The van der Waals surface area contributed by atoms with Crippen molar-refractivity contribution in [1.82, 2.24) is 5.32 Å². The van der Waals surface area contributed by atoms with Crippen molar-refractivity contribution < 1.29 is 10.2 Å². The minimum Gasteiger partial charge on any atom is -0.504 e. The van der Waals surface area contributed by atoms with Gasteiger partial charge in [-0.25, -0.2) is 0 Å². The Morgan fingerprint density at radius 2 is 2.12 bits per heavy atom. The molecular weight excluding hydrogens is 270 g/mol. The Morgan fingerprint density at radius 3 is 2.81 bits per heavy atom. The van der Waals surface area contributed by atoms with Crippen LogP contribution < -0.4 is 5.32 Å². The van der Waals surface area contributed by atoms with E-state index in [1.165, 1.54) is 12.8 Å². The lowest BCUT2D eigenvalue weighted by molar-refractivity contribution is 0.361. The standard InChI is InChI=1S/C12H16BrNO2/c13-10-4-3-9(11(15)12(10)16)6-8-2-1-5-14-7-8/h3-4,8,14-16H,1-2,5-7H2. The molecule has 3 N–H and O–H groups in total. The van der Waals surface area contributed by atoms with Gasteiger partial charge in [-0.1, -0.05) is 6.07 Å². The highest BCUT2D eigenvalue weighted by Crippen LogP contribution is 2.37. The Balaban J connectivity index is 2.11. The molecule has 16 heavy (non-hydrogen) atoms. The highest BCUT2D eigenvalue weighted by Gasteiger charge is 2.17. The first kappa shape index (κ1) is 11.7. The largest absolute Gasteiger partial charge is 0.504 e. The van der Waals surface area contributed by atoms with Crippen LogP contribution in [0.25, 0.3) is 0 Å². The van der Waals surface area contributed by atoms with Gasteiger partial charge in [-0.3, -0.25) is 0 Å². The third-order valence-corrected chi connectivity index (χ3v) is 3.73. The molecule has 1 atom stereocenters. The van der Waals surface area contributed by atoms with E-state index in [2.05, 4.69) is 21.2 Å². The highest BCUT2D eigenvalue weighted by molar-refractivity contribution is 9.10. The van der Waals surface area contributed by atoms with Gasteiger partial charge in [0.2, 0.25) is 0 Å². The summed E-state index contributed by atoms with van der Waals surface area (Å²) in [4.78, 5) is 0. The lowest BCUT2D eigenvalue weighted by Gasteiger charge is -2.23. The maximum atomic E-state index is 9.81. The normalized spacial score (nSPS) is 20.9. The number of hydrogen-bond acceptors (Lipinski definition) is 3. The second-order valence-corrected chi connectivity index (χ2v) is 5.17. The summed E-state index contributed by atoms with van der Waals surface area (Å²) in [5.41, 5.74) is 0.828. The van der Waals surface area contributed by atoms with E-state index in [1.54, 1.807) is 6.07 Å². The van der Waals surface area contributed by atoms with Crippen LogP contribution in [0.2, 0.25) is 0 Å². The van der Waals surface area contributed by atoms with Crippen molar-refractivity contribution in [2.45, 2.75) is 19.3 Å². The molecule has 0 radical (unpaired) electrons. The Bertz CT molecular complexity index is 376. The summed E-state index contributed by atoms with van der Waals surface area (Å²) in [5.74, 6) is 0.515. The van der Waals surface area contributed by atoms with Crippen LogP contribution in [0.15, 0.2) is 16.6 Å². The van der Waals surface area contributed by atoms with Crippen molar-refractivity contribution in [2.24, 2.45) is 5.92 Å². The summed E-state index contributed by atoms with van der Waals surface area (Å²) >= 11 is 3.18. The summed E-state index contributed by atoms with van der Waals surface area (Å²) in [7, 11) is 0. The number of phenolic OH excluding ortho intramolecular Hbond substituents is 2. The zero-order valence-electron chi connectivity index (χ0n) is 9.04. The fraction of sp³-hybridized carbons (Fsp3) is 0.500. The van der Waals surface area contributed by atoms with E-state index in [9.17, 15) is 10.2 Å². The van der Waals surface area contributed by atoms with Crippen molar-refractivity contribution in [3.63, 3.8) is 0 Å². The van der Waals surface area contributed by atoms with Gasteiger partial charge in [0, 0.05) is 0 Å². The number of nitrogens with one attached hydrogen (secondary N) is 1. The zero-order chi connectivity index (χ0) is 11.5. The summed E-state index contributed by atoms with van der Waals surface area (Å²) in [6.45, 7) is 2.09. The molecule has 0 aromatic heterocycles. The van der Waals surface area contributed by atoms with Crippen LogP contribution in [0, 0.1) is 5.92 Å². The molecule has 0 spiro atoms. The van der Waals surface area contributed by atoms with E-state index in [4.69, 9.17) is 0 Å². The SMILES string of the molecule is Oc1c(Br)ccc(CC2CCCNC2)c1O. The number of halogens is 1. The molecule has 0 bridgehead atoms. The number of aromatic hydroxyl groups is 2. The van der Waals surface area contributed by atoms with Crippen molar-refractivity contribution >= 4 is 15.9 Å². The Kier molecular flexibility index (Phi) is 3.71. The summed E-state index contributed by atoms with van der Waals surface area (Å²) in [6.07, 6.45) is 3.19. The van der Waals surface area contributed by atoms with Gasteiger partial charge in [-0.2, -0.15) is 0 Å². The second-order valence-electron chi connectivity index (χ2n) is 4.32. The molecular formula is C12H16BrNO2. The van der Waals surface area contributed by atoms with Gasteiger partial charge in [0.05, 0.1) is 4.47 Å². The van der Waals surface area contributed by atoms with E-state index in [-0.39, 0.29) is 11.5 Å². The predicted octanol–water partition coefficient (Wildman–Crippen LogP) is 2.40. The van der Waals surface area contributed by atoms with E-state index in [1.807, 2.05) is 6.07 Å². The average Bonchev–Trinajstić information content (AvgIpc) is 2.31. The second kappa shape index (κ2) is 5.06. The van der Waals surface area contributed by atoms with Crippen molar-refractivity contribution in [2.75, 3.05) is 13.1 Å². The molecule has 1 aliphatic heterocycles. The van der Waals surface area contributed by atoms with Gasteiger partial charge in [-0.05, 0) is 65.8 Å². The Morgan fingerprint density at radius 1 is 1.31 bits per heavy atom. The highest BCUT2D eigenvalue weighted by atomic mass is 79.9. The topological polar surface area (TPSA) is 52.5 Å². The first-order valence-corrected chi connectivity index (χ1v) is 6.38.